The molecule has 1 N–H and O–H groups in total. The monoisotopic (exact) mass is 455 g/mol. The number of carbonyl (C=O) groups excluding carboxylic acids is 2. The molecule has 2 aromatic rings. The minimum absolute atomic E-state index is 0.0290. The lowest BCUT2D eigenvalue weighted by Gasteiger charge is -2.31. The Bertz CT molecular complexity index is 988. The predicted molar refractivity (Wildman–Crippen MR) is 134 cm³/mol. The molecule has 6 heteroatoms. The zero-order valence-corrected chi connectivity index (χ0v) is 21.3. The van der Waals surface area contributed by atoms with Gasteiger partial charge in [-0.3, -0.25) is 9.59 Å². The molecule has 0 aliphatic rings. The molecule has 2 rings (SSSR count). The van der Waals surface area contributed by atoms with Crippen molar-refractivity contribution in [2.45, 2.75) is 61.1 Å². The second-order valence-electron chi connectivity index (χ2n) is 11.1. The van der Waals surface area contributed by atoms with E-state index in [9.17, 15) is 14.0 Å². The third-order valence-corrected chi connectivity index (χ3v) is 5.09. The Balaban J connectivity index is 2.39. The predicted octanol–water partition coefficient (Wildman–Crippen LogP) is 5.84. The van der Waals surface area contributed by atoms with Crippen molar-refractivity contribution in [1.29, 1.82) is 0 Å². The Morgan fingerprint density at radius 2 is 1.61 bits per heavy atom. The topological polar surface area (TPSA) is 52.7 Å². The molecule has 0 radical (unpaired) electrons. The van der Waals surface area contributed by atoms with Gasteiger partial charge in [0, 0.05) is 50.4 Å². The van der Waals surface area contributed by atoms with Crippen molar-refractivity contribution in [3.8, 4) is 0 Å². The Morgan fingerprint density at radius 3 is 2.15 bits per heavy atom. The molecule has 0 spiro atoms. The van der Waals surface area contributed by atoms with E-state index in [0.717, 1.165) is 16.8 Å². The van der Waals surface area contributed by atoms with Crippen LogP contribution >= 0.6 is 0 Å². The molecule has 0 saturated heterocycles. The van der Waals surface area contributed by atoms with E-state index < -0.39 is 5.41 Å². The van der Waals surface area contributed by atoms with Crippen LogP contribution in [0.5, 0.6) is 0 Å². The first-order valence-electron chi connectivity index (χ1n) is 11.3. The summed E-state index contributed by atoms with van der Waals surface area (Å²) in [6.07, 6.45) is 0.409. The van der Waals surface area contributed by atoms with Crippen LogP contribution in [0, 0.1) is 16.6 Å². The van der Waals surface area contributed by atoms with Crippen molar-refractivity contribution >= 4 is 23.2 Å². The van der Waals surface area contributed by atoms with Gasteiger partial charge in [-0.15, -0.1) is 0 Å². The maximum atomic E-state index is 13.8. The fraction of sp³-hybridized carbons (Fsp3) is 0.481. The molecule has 0 unspecified atom stereocenters. The van der Waals surface area contributed by atoms with Gasteiger partial charge in [0.25, 0.3) is 0 Å². The van der Waals surface area contributed by atoms with E-state index in [1.54, 1.807) is 11.0 Å². The molecule has 0 heterocycles. The molecular weight excluding hydrogens is 417 g/mol. The van der Waals surface area contributed by atoms with Crippen LogP contribution in [0.25, 0.3) is 0 Å². The minimum atomic E-state index is -0.593. The molecule has 0 saturated carbocycles. The van der Waals surface area contributed by atoms with Crippen molar-refractivity contribution in [2.75, 3.05) is 24.3 Å². The summed E-state index contributed by atoms with van der Waals surface area (Å²) < 4.78 is 13.8. The van der Waals surface area contributed by atoms with Gasteiger partial charge >= 0.3 is 0 Å². The van der Waals surface area contributed by atoms with Crippen molar-refractivity contribution in [3.05, 3.63) is 59.4 Å². The zero-order chi connectivity index (χ0) is 25.0. The van der Waals surface area contributed by atoms with Crippen LogP contribution in [0.3, 0.4) is 0 Å². The summed E-state index contributed by atoms with van der Waals surface area (Å²) in [4.78, 5) is 29.5. The third-order valence-electron chi connectivity index (χ3n) is 5.09. The lowest BCUT2D eigenvalue weighted by molar-refractivity contribution is -0.140. The smallest absolute Gasteiger partial charge is 0.228 e. The number of hydrogen-bond donors (Lipinski definition) is 1. The molecule has 180 valence electrons. The Hall–Kier alpha value is -2.89. The molecule has 0 aliphatic heterocycles. The summed E-state index contributed by atoms with van der Waals surface area (Å²) in [6, 6.07) is 12.1. The van der Waals surface area contributed by atoms with Gasteiger partial charge in [-0.1, -0.05) is 53.7 Å². The van der Waals surface area contributed by atoms with Gasteiger partial charge in [0.15, 0.2) is 0 Å². The second kappa shape index (κ2) is 10.4. The third kappa shape index (κ3) is 8.19. The normalized spacial score (nSPS) is 11.8. The van der Waals surface area contributed by atoms with E-state index in [1.165, 1.54) is 12.1 Å². The van der Waals surface area contributed by atoms with Crippen LogP contribution in [-0.2, 0) is 22.7 Å². The van der Waals surface area contributed by atoms with E-state index in [1.807, 2.05) is 84.8 Å². The Morgan fingerprint density at radius 1 is 0.939 bits per heavy atom. The summed E-state index contributed by atoms with van der Waals surface area (Å²) >= 11 is 0. The lowest BCUT2D eigenvalue weighted by atomic mass is 9.92. The highest BCUT2D eigenvalue weighted by atomic mass is 19.1. The summed E-state index contributed by atoms with van der Waals surface area (Å²) in [7, 11) is 3.89. The van der Waals surface area contributed by atoms with Gasteiger partial charge in [0.05, 0.1) is 0 Å². The second-order valence-corrected chi connectivity index (χ2v) is 11.1. The van der Waals surface area contributed by atoms with Gasteiger partial charge in [0.2, 0.25) is 11.8 Å². The number of nitrogens with one attached hydrogen (secondary N) is 1. The van der Waals surface area contributed by atoms with E-state index in [2.05, 4.69) is 5.32 Å². The number of anilines is 2. The number of benzene rings is 2. The largest absolute Gasteiger partial charge is 0.377 e. The molecule has 2 aromatic carbocycles. The van der Waals surface area contributed by atoms with E-state index in [4.69, 9.17) is 0 Å². The quantitative estimate of drug-likeness (QED) is 0.570. The van der Waals surface area contributed by atoms with Gasteiger partial charge in [-0.05, 0) is 46.9 Å². The fourth-order valence-electron chi connectivity index (χ4n) is 3.65. The number of amides is 2. The SMILES string of the molecule is CN(C)c1ccc(NC(=O)CC(C)(C)C)cc1CN(Cc1cccc(F)c1)C(=O)C(C)(C)C. The van der Waals surface area contributed by atoms with Crippen LogP contribution in [0.15, 0.2) is 42.5 Å². The number of rotatable bonds is 7. The first-order valence-corrected chi connectivity index (χ1v) is 11.3. The van der Waals surface area contributed by atoms with Crippen molar-refractivity contribution in [2.24, 2.45) is 10.8 Å². The number of hydrogen-bond acceptors (Lipinski definition) is 3. The van der Waals surface area contributed by atoms with Gasteiger partial charge in [0.1, 0.15) is 5.82 Å². The molecule has 5 nitrogen and oxygen atoms in total. The maximum absolute atomic E-state index is 13.8. The van der Waals surface area contributed by atoms with Gasteiger partial charge in [-0.2, -0.15) is 0 Å². The average molecular weight is 456 g/mol. The van der Waals surface area contributed by atoms with Crippen LogP contribution in [-0.4, -0.2) is 30.8 Å². The molecular formula is C27H38FN3O2. The van der Waals surface area contributed by atoms with Crippen LogP contribution in [0.2, 0.25) is 0 Å². The maximum Gasteiger partial charge on any atom is 0.228 e. The number of carbonyl (C=O) groups is 2. The Kier molecular flexibility index (Phi) is 8.28. The highest BCUT2D eigenvalue weighted by Gasteiger charge is 2.28. The summed E-state index contributed by atoms with van der Waals surface area (Å²) in [5.74, 6) is -0.403. The van der Waals surface area contributed by atoms with Crippen LogP contribution < -0.4 is 10.2 Å². The van der Waals surface area contributed by atoms with E-state index in [-0.39, 0.29) is 23.0 Å². The lowest BCUT2D eigenvalue weighted by Crippen LogP contribution is -2.39. The molecule has 0 atom stereocenters. The first-order chi connectivity index (χ1) is 15.2. The molecule has 0 bridgehead atoms. The fourth-order valence-corrected chi connectivity index (χ4v) is 3.65. The van der Waals surface area contributed by atoms with Crippen molar-refractivity contribution in [1.82, 2.24) is 4.90 Å². The highest BCUT2D eigenvalue weighted by molar-refractivity contribution is 5.91. The van der Waals surface area contributed by atoms with Crippen LogP contribution in [0.4, 0.5) is 15.8 Å². The van der Waals surface area contributed by atoms with Crippen molar-refractivity contribution in [3.63, 3.8) is 0 Å². The molecule has 0 aliphatic carbocycles. The van der Waals surface area contributed by atoms with Crippen molar-refractivity contribution < 1.29 is 14.0 Å². The first kappa shape index (κ1) is 26.4. The number of halogens is 1. The molecule has 33 heavy (non-hydrogen) atoms. The standard InChI is InChI=1S/C27H38FN3O2/c1-26(2,3)16-24(32)29-22-12-13-23(30(7)8)20(15-22)18-31(25(33)27(4,5)6)17-19-10-9-11-21(28)14-19/h9-15H,16-18H2,1-8H3,(H,29,32). The minimum Gasteiger partial charge on any atom is -0.377 e. The Labute approximate surface area is 198 Å². The molecule has 0 aromatic heterocycles. The highest BCUT2D eigenvalue weighted by Crippen LogP contribution is 2.28. The molecule has 0 fully saturated rings. The van der Waals surface area contributed by atoms with E-state index in [0.29, 0.717) is 25.2 Å². The summed E-state index contributed by atoms with van der Waals surface area (Å²) in [6.45, 7) is 12.3. The van der Waals surface area contributed by atoms with Gasteiger partial charge < -0.3 is 15.1 Å². The zero-order valence-electron chi connectivity index (χ0n) is 21.3. The van der Waals surface area contributed by atoms with E-state index >= 15 is 0 Å². The summed E-state index contributed by atoms with van der Waals surface area (Å²) in [5.41, 5.74) is 2.58. The van der Waals surface area contributed by atoms with Gasteiger partial charge in [-0.25, -0.2) is 4.39 Å². The average Bonchev–Trinajstić information content (AvgIpc) is 2.64. The summed E-state index contributed by atoms with van der Waals surface area (Å²) in [5, 5.41) is 2.98. The molecule has 2 amide bonds. The number of nitrogens with zero attached hydrogens (tertiary/aromatic N) is 2. The van der Waals surface area contributed by atoms with Crippen LogP contribution in [0.1, 0.15) is 59.1 Å².